The van der Waals surface area contributed by atoms with Gasteiger partial charge in [0.05, 0.1) is 11.8 Å². The molecule has 0 aliphatic heterocycles. The predicted molar refractivity (Wildman–Crippen MR) is 80.1 cm³/mol. The molecular weight excluding hydrogens is 292 g/mol. The second kappa shape index (κ2) is 7.22. The number of rotatable bonds is 5. The van der Waals surface area contributed by atoms with Gasteiger partial charge in [0.2, 0.25) is 5.91 Å². The first kappa shape index (κ1) is 15.5. The maximum Gasteiger partial charge on any atom is 0.230 e. The first-order chi connectivity index (χ1) is 10.0. The molecule has 0 saturated carbocycles. The number of halogens is 2. The molecule has 2 nitrogen and oxygen atoms in total. The van der Waals surface area contributed by atoms with Gasteiger partial charge in [0.15, 0.2) is 0 Å². The van der Waals surface area contributed by atoms with Gasteiger partial charge in [0.25, 0.3) is 0 Å². The van der Waals surface area contributed by atoms with Crippen LogP contribution in [-0.2, 0) is 4.79 Å². The average Bonchev–Trinajstić information content (AvgIpc) is 2.47. The van der Waals surface area contributed by atoms with Crippen LogP contribution in [0.1, 0.15) is 18.5 Å². The van der Waals surface area contributed by atoms with E-state index >= 15 is 0 Å². The third-order valence-electron chi connectivity index (χ3n) is 2.93. The molecule has 21 heavy (non-hydrogen) atoms. The third kappa shape index (κ3) is 4.86. The predicted octanol–water partition coefficient (Wildman–Crippen LogP) is 3.93. The minimum absolute atomic E-state index is 0.124. The van der Waals surface area contributed by atoms with Gasteiger partial charge >= 0.3 is 0 Å². The lowest BCUT2D eigenvalue weighted by Gasteiger charge is -2.14. The summed E-state index contributed by atoms with van der Waals surface area (Å²) >= 11 is 1.34. The van der Waals surface area contributed by atoms with Crippen LogP contribution in [0.5, 0.6) is 0 Å². The van der Waals surface area contributed by atoms with Crippen LogP contribution in [0.4, 0.5) is 8.78 Å². The molecule has 1 atom stereocenters. The highest BCUT2D eigenvalue weighted by molar-refractivity contribution is 8.00. The molecule has 2 aromatic carbocycles. The summed E-state index contributed by atoms with van der Waals surface area (Å²) in [5.74, 6) is -0.476. The van der Waals surface area contributed by atoms with Gasteiger partial charge in [-0.25, -0.2) is 8.78 Å². The first-order valence-corrected chi connectivity index (χ1v) is 7.46. The van der Waals surface area contributed by atoms with E-state index in [2.05, 4.69) is 5.32 Å². The van der Waals surface area contributed by atoms with Gasteiger partial charge in [-0.2, -0.15) is 0 Å². The molecule has 0 unspecified atom stereocenters. The maximum atomic E-state index is 12.8. The van der Waals surface area contributed by atoms with Crippen LogP contribution >= 0.6 is 11.8 Å². The summed E-state index contributed by atoms with van der Waals surface area (Å²) in [6.07, 6.45) is 0. The standard InChI is InChI=1S/C16H15F2NOS/c1-11(12-2-4-13(17)5-3-12)19-16(20)10-21-15-8-6-14(18)7-9-15/h2-9,11H,10H2,1H3,(H,19,20)/t11-/m1/s1. The van der Waals surface area contributed by atoms with Gasteiger partial charge in [0.1, 0.15) is 11.6 Å². The van der Waals surface area contributed by atoms with Crippen LogP contribution in [0.2, 0.25) is 0 Å². The number of amides is 1. The van der Waals surface area contributed by atoms with Crippen LogP contribution in [-0.4, -0.2) is 11.7 Å². The number of carbonyl (C=O) groups excluding carboxylic acids is 1. The number of nitrogens with one attached hydrogen (secondary N) is 1. The van der Waals surface area contributed by atoms with Crippen molar-refractivity contribution in [1.29, 1.82) is 0 Å². The Hall–Kier alpha value is -1.88. The summed E-state index contributed by atoms with van der Waals surface area (Å²) in [7, 11) is 0. The zero-order valence-electron chi connectivity index (χ0n) is 11.5. The monoisotopic (exact) mass is 307 g/mol. The summed E-state index contributed by atoms with van der Waals surface area (Å²) in [5, 5.41) is 2.84. The van der Waals surface area contributed by atoms with Crippen molar-refractivity contribution < 1.29 is 13.6 Å². The minimum atomic E-state index is -0.302. The van der Waals surface area contributed by atoms with Crippen molar-refractivity contribution >= 4 is 17.7 Å². The highest BCUT2D eigenvalue weighted by atomic mass is 32.2. The molecule has 2 rings (SSSR count). The van der Waals surface area contributed by atoms with Crippen molar-refractivity contribution in [1.82, 2.24) is 5.32 Å². The Morgan fingerprint density at radius 3 is 2.14 bits per heavy atom. The number of benzene rings is 2. The molecular formula is C16H15F2NOS. The lowest BCUT2D eigenvalue weighted by Crippen LogP contribution is -2.28. The van der Waals surface area contributed by atoms with Gasteiger partial charge in [-0.05, 0) is 48.9 Å². The lowest BCUT2D eigenvalue weighted by atomic mass is 10.1. The maximum absolute atomic E-state index is 12.8. The van der Waals surface area contributed by atoms with E-state index in [1.165, 1.54) is 36.0 Å². The number of hydrogen-bond acceptors (Lipinski definition) is 2. The fourth-order valence-electron chi connectivity index (χ4n) is 1.80. The van der Waals surface area contributed by atoms with Gasteiger partial charge in [-0.1, -0.05) is 12.1 Å². The van der Waals surface area contributed by atoms with Crippen LogP contribution in [0, 0.1) is 11.6 Å². The molecule has 1 N–H and O–H groups in total. The van der Waals surface area contributed by atoms with E-state index in [9.17, 15) is 13.6 Å². The molecule has 0 saturated heterocycles. The van der Waals surface area contributed by atoms with E-state index in [-0.39, 0.29) is 29.3 Å². The molecule has 0 bridgehead atoms. The van der Waals surface area contributed by atoms with E-state index in [4.69, 9.17) is 0 Å². The molecule has 0 heterocycles. The highest BCUT2D eigenvalue weighted by Gasteiger charge is 2.10. The largest absolute Gasteiger partial charge is 0.349 e. The Morgan fingerprint density at radius 2 is 1.57 bits per heavy atom. The summed E-state index contributed by atoms with van der Waals surface area (Å²) in [5.41, 5.74) is 0.844. The highest BCUT2D eigenvalue weighted by Crippen LogP contribution is 2.18. The van der Waals surface area contributed by atoms with Crippen molar-refractivity contribution in [3.05, 3.63) is 65.7 Å². The van der Waals surface area contributed by atoms with Gasteiger partial charge in [-0.3, -0.25) is 4.79 Å². The fourth-order valence-corrected chi connectivity index (χ4v) is 2.51. The number of carbonyl (C=O) groups is 1. The van der Waals surface area contributed by atoms with Crippen molar-refractivity contribution in [2.75, 3.05) is 5.75 Å². The quantitative estimate of drug-likeness (QED) is 0.848. The Morgan fingerprint density at radius 1 is 1.05 bits per heavy atom. The lowest BCUT2D eigenvalue weighted by molar-refractivity contribution is -0.119. The van der Waals surface area contributed by atoms with Crippen molar-refractivity contribution in [3.63, 3.8) is 0 Å². The average molecular weight is 307 g/mol. The smallest absolute Gasteiger partial charge is 0.230 e. The molecule has 1 amide bonds. The molecule has 0 aromatic heterocycles. The zero-order chi connectivity index (χ0) is 15.2. The fraction of sp³-hybridized carbons (Fsp3) is 0.188. The summed E-state index contributed by atoms with van der Waals surface area (Å²) in [6.45, 7) is 1.84. The Kier molecular flexibility index (Phi) is 5.33. The van der Waals surface area contributed by atoms with Crippen LogP contribution in [0.25, 0.3) is 0 Å². The van der Waals surface area contributed by atoms with E-state index in [1.807, 2.05) is 6.92 Å². The third-order valence-corrected chi connectivity index (χ3v) is 3.94. The van der Waals surface area contributed by atoms with Gasteiger partial charge in [-0.15, -0.1) is 11.8 Å². The van der Waals surface area contributed by atoms with E-state index in [1.54, 1.807) is 24.3 Å². The molecule has 110 valence electrons. The second-order valence-electron chi connectivity index (χ2n) is 4.58. The SMILES string of the molecule is C[C@@H](NC(=O)CSc1ccc(F)cc1)c1ccc(F)cc1. The van der Waals surface area contributed by atoms with E-state index < -0.39 is 0 Å². The Balaban J connectivity index is 1.83. The number of thioether (sulfide) groups is 1. The molecule has 2 aromatic rings. The van der Waals surface area contributed by atoms with Crippen LogP contribution in [0.3, 0.4) is 0 Å². The van der Waals surface area contributed by atoms with Crippen molar-refractivity contribution in [3.8, 4) is 0 Å². The Labute approximate surface area is 126 Å². The second-order valence-corrected chi connectivity index (χ2v) is 5.63. The van der Waals surface area contributed by atoms with E-state index in [0.717, 1.165) is 10.5 Å². The summed E-state index contributed by atoms with van der Waals surface area (Å²) < 4.78 is 25.6. The minimum Gasteiger partial charge on any atom is -0.349 e. The first-order valence-electron chi connectivity index (χ1n) is 6.48. The normalized spacial score (nSPS) is 12.0. The molecule has 0 aliphatic carbocycles. The molecule has 0 spiro atoms. The van der Waals surface area contributed by atoms with Crippen LogP contribution < -0.4 is 5.32 Å². The topological polar surface area (TPSA) is 29.1 Å². The van der Waals surface area contributed by atoms with Gasteiger partial charge in [0, 0.05) is 4.90 Å². The summed E-state index contributed by atoms with van der Waals surface area (Å²) in [4.78, 5) is 12.7. The van der Waals surface area contributed by atoms with Crippen molar-refractivity contribution in [2.24, 2.45) is 0 Å². The van der Waals surface area contributed by atoms with Crippen molar-refractivity contribution in [2.45, 2.75) is 17.9 Å². The molecule has 0 aliphatic rings. The summed E-state index contributed by atoms with van der Waals surface area (Å²) in [6, 6.07) is 11.8. The van der Waals surface area contributed by atoms with Crippen LogP contribution in [0.15, 0.2) is 53.4 Å². The zero-order valence-corrected chi connectivity index (χ0v) is 12.3. The molecule has 0 radical (unpaired) electrons. The molecule has 5 heteroatoms. The number of hydrogen-bond donors (Lipinski definition) is 1. The van der Waals surface area contributed by atoms with Gasteiger partial charge < -0.3 is 5.32 Å². The Bertz CT molecular complexity index is 599. The van der Waals surface area contributed by atoms with E-state index in [0.29, 0.717) is 0 Å². The molecule has 0 fully saturated rings.